The highest BCUT2D eigenvalue weighted by atomic mass is 19.1. The number of rotatable bonds is 7. The van der Waals surface area contributed by atoms with Crippen molar-refractivity contribution in [1.82, 2.24) is 20.5 Å². The SMILES string of the molecule is C=C1/C=C(F)\C=C/CNC(=O)/C1=C\c1[nH]c(C)c(C(=O)NCCN(CC)CC)c1C. The third-order valence-electron chi connectivity index (χ3n) is 5.16. The van der Waals surface area contributed by atoms with Gasteiger partial charge in [-0.2, -0.15) is 0 Å². The maximum atomic E-state index is 13.9. The fourth-order valence-electron chi connectivity index (χ4n) is 3.37. The van der Waals surface area contributed by atoms with Crippen molar-refractivity contribution in [3.05, 3.63) is 64.3 Å². The standard InChI is InChI=1S/C23H31FN4O2/c1-6-28(7-2)12-11-26-23(30)21-16(4)20(27-17(21)5)14-19-15(3)13-18(24)9-8-10-25-22(19)29/h8-9,13-14,27H,3,6-7,10-12H2,1-2,4-5H3,(H,25,29)(H,26,30)/b9-8-,18-13+,19-14-. The number of H-pyrrole nitrogens is 1. The Kier molecular flexibility index (Phi) is 8.35. The number of allylic oxidation sites excluding steroid dienone is 3. The lowest BCUT2D eigenvalue weighted by molar-refractivity contribution is -0.116. The number of hydrogen-bond acceptors (Lipinski definition) is 3. The number of aryl methyl sites for hydroxylation is 1. The Morgan fingerprint density at radius 3 is 2.70 bits per heavy atom. The zero-order valence-electron chi connectivity index (χ0n) is 18.2. The van der Waals surface area contributed by atoms with E-state index in [0.29, 0.717) is 23.5 Å². The van der Waals surface area contributed by atoms with Crippen LogP contribution in [0.25, 0.3) is 6.08 Å². The van der Waals surface area contributed by atoms with Gasteiger partial charge in [0.2, 0.25) is 0 Å². The van der Waals surface area contributed by atoms with E-state index in [1.165, 1.54) is 18.2 Å². The molecule has 1 aliphatic rings. The average Bonchev–Trinajstić information content (AvgIpc) is 3.01. The highest BCUT2D eigenvalue weighted by Crippen LogP contribution is 2.23. The van der Waals surface area contributed by atoms with E-state index < -0.39 is 5.83 Å². The number of nitrogens with one attached hydrogen (secondary N) is 3. The number of aromatic amines is 1. The first kappa shape index (κ1) is 23.3. The molecule has 1 aromatic rings. The third kappa shape index (κ3) is 5.79. The second-order valence-corrected chi connectivity index (χ2v) is 7.17. The number of amides is 2. The summed E-state index contributed by atoms with van der Waals surface area (Å²) in [5.74, 6) is -0.992. The normalized spacial score (nSPS) is 19.0. The van der Waals surface area contributed by atoms with E-state index in [1.807, 2.05) is 13.8 Å². The maximum Gasteiger partial charge on any atom is 0.253 e. The molecule has 0 saturated heterocycles. The predicted molar refractivity (Wildman–Crippen MR) is 119 cm³/mol. The van der Waals surface area contributed by atoms with Crippen molar-refractivity contribution in [2.45, 2.75) is 27.7 Å². The summed E-state index contributed by atoms with van der Waals surface area (Å²) in [5, 5.41) is 5.67. The van der Waals surface area contributed by atoms with Gasteiger partial charge in [0.15, 0.2) is 0 Å². The van der Waals surface area contributed by atoms with Crippen LogP contribution in [0.2, 0.25) is 0 Å². The highest BCUT2D eigenvalue weighted by Gasteiger charge is 2.20. The van der Waals surface area contributed by atoms with Crippen LogP contribution < -0.4 is 10.6 Å². The van der Waals surface area contributed by atoms with Crippen LogP contribution >= 0.6 is 0 Å². The van der Waals surface area contributed by atoms with E-state index in [1.54, 1.807) is 6.08 Å². The molecule has 1 aromatic heterocycles. The summed E-state index contributed by atoms with van der Waals surface area (Å²) in [6.45, 7) is 15.1. The van der Waals surface area contributed by atoms with Crippen LogP contribution in [0.15, 0.2) is 41.8 Å². The fraction of sp³-hybridized carbons (Fsp3) is 0.391. The minimum absolute atomic E-state index is 0.161. The summed E-state index contributed by atoms with van der Waals surface area (Å²) in [5.41, 5.74) is 3.10. The molecular formula is C23H31FN4O2. The van der Waals surface area contributed by atoms with Gasteiger partial charge in [-0.15, -0.1) is 0 Å². The van der Waals surface area contributed by atoms with Crippen LogP contribution in [0.5, 0.6) is 0 Å². The number of carbonyl (C=O) groups excluding carboxylic acids is 2. The van der Waals surface area contributed by atoms with Crippen LogP contribution in [0.3, 0.4) is 0 Å². The molecular weight excluding hydrogens is 383 g/mol. The monoisotopic (exact) mass is 414 g/mol. The molecule has 1 aliphatic heterocycles. The van der Waals surface area contributed by atoms with Crippen LogP contribution in [-0.4, -0.2) is 54.4 Å². The molecule has 0 bridgehead atoms. The smallest absolute Gasteiger partial charge is 0.253 e. The van der Waals surface area contributed by atoms with Crippen molar-refractivity contribution in [2.75, 3.05) is 32.7 Å². The number of likely N-dealkylation sites (N-methyl/N-ethyl adjacent to an activating group) is 1. The molecule has 0 spiro atoms. The van der Waals surface area contributed by atoms with Crippen molar-refractivity contribution < 1.29 is 14.0 Å². The van der Waals surface area contributed by atoms with Gasteiger partial charge in [0.25, 0.3) is 11.8 Å². The van der Waals surface area contributed by atoms with Crippen LogP contribution in [0, 0.1) is 13.8 Å². The molecule has 0 aromatic carbocycles. The first-order valence-corrected chi connectivity index (χ1v) is 10.2. The molecule has 0 aliphatic carbocycles. The summed E-state index contributed by atoms with van der Waals surface area (Å²) in [6, 6.07) is 0. The van der Waals surface area contributed by atoms with Gasteiger partial charge < -0.3 is 20.5 Å². The zero-order chi connectivity index (χ0) is 22.3. The Balaban J connectivity index is 2.27. The molecule has 2 rings (SSSR count). The van der Waals surface area contributed by atoms with Gasteiger partial charge in [-0.05, 0) is 56.3 Å². The van der Waals surface area contributed by atoms with Crippen molar-refractivity contribution in [3.8, 4) is 0 Å². The van der Waals surface area contributed by atoms with Crippen molar-refractivity contribution in [3.63, 3.8) is 0 Å². The first-order chi connectivity index (χ1) is 14.3. The fourth-order valence-corrected chi connectivity index (χ4v) is 3.37. The molecule has 0 unspecified atom stereocenters. The van der Waals surface area contributed by atoms with Gasteiger partial charge in [0.05, 0.1) is 5.56 Å². The summed E-state index contributed by atoms with van der Waals surface area (Å²) in [6.07, 6.45) is 5.66. The average molecular weight is 415 g/mol. The van der Waals surface area contributed by atoms with Gasteiger partial charge >= 0.3 is 0 Å². The lowest BCUT2D eigenvalue weighted by Gasteiger charge is -2.18. The molecule has 0 saturated carbocycles. The van der Waals surface area contributed by atoms with E-state index in [4.69, 9.17) is 0 Å². The molecule has 6 nitrogen and oxygen atoms in total. The van der Waals surface area contributed by atoms with E-state index in [9.17, 15) is 14.0 Å². The molecule has 0 fully saturated rings. The van der Waals surface area contributed by atoms with Gasteiger partial charge in [-0.3, -0.25) is 9.59 Å². The highest BCUT2D eigenvalue weighted by molar-refractivity contribution is 6.04. The van der Waals surface area contributed by atoms with Gasteiger partial charge in [-0.25, -0.2) is 4.39 Å². The Morgan fingerprint density at radius 1 is 1.33 bits per heavy atom. The lowest BCUT2D eigenvalue weighted by atomic mass is 10.0. The number of nitrogens with zero attached hydrogens (tertiary/aromatic N) is 1. The van der Waals surface area contributed by atoms with Gasteiger partial charge in [0.1, 0.15) is 5.83 Å². The van der Waals surface area contributed by atoms with Gasteiger partial charge in [-0.1, -0.05) is 26.5 Å². The van der Waals surface area contributed by atoms with E-state index >= 15 is 0 Å². The third-order valence-corrected chi connectivity index (χ3v) is 5.16. The second-order valence-electron chi connectivity index (χ2n) is 7.17. The molecule has 162 valence electrons. The lowest BCUT2D eigenvalue weighted by Crippen LogP contribution is -2.35. The van der Waals surface area contributed by atoms with Crippen LogP contribution in [-0.2, 0) is 4.79 Å². The minimum atomic E-state index is -0.477. The Morgan fingerprint density at radius 2 is 2.03 bits per heavy atom. The Bertz CT molecular complexity index is 905. The minimum Gasteiger partial charge on any atom is -0.358 e. The predicted octanol–water partition coefficient (Wildman–Crippen LogP) is 3.18. The number of halogens is 1. The molecule has 0 atom stereocenters. The van der Waals surface area contributed by atoms with Crippen LogP contribution in [0.4, 0.5) is 4.39 Å². The molecule has 2 amide bonds. The van der Waals surface area contributed by atoms with Gasteiger partial charge in [0, 0.05) is 36.6 Å². The Labute approximate surface area is 177 Å². The number of carbonyl (C=O) groups is 2. The molecule has 30 heavy (non-hydrogen) atoms. The number of hydrogen-bond donors (Lipinski definition) is 3. The second kappa shape index (κ2) is 10.7. The molecule has 0 radical (unpaired) electrons. The summed E-state index contributed by atoms with van der Waals surface area (Å²) >= 11 is 0. The summed E-state index contributed by atoms with van der Waals surface area (Å²) in [4.78, 5) is 30.6. The quantitative estimate of drug-likeness (QED) is 0.600. The Hall–Kier alpha value is -2.93. The van der Waals surface area contributed by atoms with Crippen molar-refractivity contribution in [1.29, 1.82) is 0 Å². The molecule has 3 N–H and O–H groups in total. The topological polar surface area (TPSA) is 77.2 Å². The first-order valence-electron chi connectivity index (χ1n) is 10.2. The summed E-state index contributed by atoms with van der Waals surface area (Å²) in [7, 11) is 0. The van der Waals surface area contributed by atoms with E-state index in [-0.39, 0.29) is 29.5 Å². The largest absolute Gasteiger partial charge is 0.358 e. The van der Waals surface area contributed by atoms with E-state index in [0.717, 1.165) is 25.2 Å². The number of aromatic nitrogens is 1. The van der Waals surface area contributed by atoms with Crippen molar-refractivity contribution >= 4 is 17.9 Å². The van der Waals surface area contributed by atoms with E-state index in [2.05, 4.69) is 40.9 Å². The summed E-state index contributed by atoms with van der Waals surface area (Å²) < 4.78 is 13.9. The molecule has 2 heterocycles. The zero-order valence-corrected chi connectivity index (χ0v) is 18.2. The van der Waals surface area contributed by atoms with Crippen molar-refractivity contribution in [2.24, 2.45) is 0 Å². The molecule has 7 heteroatoms. The maximum absolute atomic E-state index is 13.9. The van der Waals surface area contributed by atoms with Crippen LogP contribution in [0.1, 0.15) is 41.2 Å².